The summed E-state index contributed by atoms with van der Waals surface area (Å²) in [5, 5.41) is 8.17. The lowest BCUT2D eigenvalue weighted by atomic mass is 10.1. The first-order valence-electron chi connectivity index (χ1n) is 9.01. The van der Waals surface area contributed by atoms with E-state index in [9.17, 15) is 0 Å². The molecule has 8 heteroatoms. The lowest BCUT2D eigenvalue weighted by molar-refractivity contribution is 0.285. The smallest absolute Gasteiger partial charge is 0.252 e. The maximum atomic E-state index is 6.40. The quantitative estimate of drug-likeness (QED) is 0.625. The minimum Gasteiger partial charge on any atom is -0.479 e. The van der Waals surface area contributed by atoms with Gasteiger partial charge in [-0.3, -0.25) is 4.98 Å². The average molecular weight is 398 g/mol. The van der Waals surface area contributed by atoms with Crippen molar-refractivity contribution in [2.75, 3.05) is 13.7 Å². The number of methoxy groups -OCH3 is 1. The molecule has 7 nitrogen and oxygen atoms in total. The van der Waals surface area contributed by atoms with Crippen molar-refractivity contribution >= 4 is 11.6 Å². The summed E-state index contributed by atoms with van der Waals surface area (Å²) in [6.07, 6.45) is 6.21. The molecule has 0 radical (unpaired) electrons. The second kappa shape index (κ2) is 7.67. The zero-order valence-corrected chi connectivity index (χ0v) is 16.6. The van der Waals surface area contributed by atoms with Gasteiger partial charge in [0, 0.05) is 35.5 Å². The summed E-state index contributed by atoms with van der Waals surface area (Å²) in [4.78, 5) is 13.3. The van der Waals surface area contributed by atoms with Crippen molar-refractivity contribution in [3.8, 4) is 22.9 Å². The van der Waals surface area contributed by atoms with Crippen molar-refractivity contribution in [3.05, 3.63) is 52.8 Å². The molecule has 0 aliphatic heterocycles. The molecule has 1 fully saturated rings. The minimum atomic E-state index is 0.249. The predicted molar refractivity (Wildman–Crippen MR) is 105 cm³/mol. The highest BCUT2D eigenvalue weighted by Crippen LogP contribution is 2.47. The van der Waals surface area contributed by atoms with Crippen LogP contribution in [0.1, 0.15) is 29.4 Å². The summed E-state index contributed by atoms with van der Waals surface area (Å²) in [6, 6.07) is 4.19. The van der Waals surface area contributed by atoms with Gasteiger partial charge in [-0.2, -0.15) is 10.1 Å². The Morgan fingerprint density at radius 3 is 2.68 bits per heavy atom. The van der Waals surface area contributed by atoms with E-state index in [2.05, 4.69) is 37.3 Å². The molecule has 4 rings (SSSR count). The second-order valence-corrected chi connectivity index (χ2v) is 7.27. The largest absolute Gasteiger partial charge is 0.479 e. The molecule has 2 atom stereocenters. The molecule has 1 aliphatic carbocycles. The molecule has 0 spiro atoms. The standard InChI is InChI=1S/C20H20ClN5O2/c1-11-4-5-17(23-7-11)14-6-13(14)10-28-19-16(8-22-12(2)25-19)15-9-24-26-20(27-3)18(15)21/h4-5,7-9,13-14H,6,10H2,1-3H3/t13?,14-/m1/s1. The van der Waals surface area contributed by atoms with Crippen LogP contribution in [0, 0.1) is 19.8 Å². The van der Waals surface area contributed by atoms with Crippen LogP contribution in [0.5, 0.6) is 11.8 Å². The van der Waals surface area contributed by atoms with Gasteiger partial charge in [0.1, 0.15) is 10.8 Å². The number of rotatable bonds is 6. The number of hydrogen-bond donors (Lipinski definition) is 0. The lowest BCUT2D eigenvalue weighted by Crippen LogP contribution is -2.06. The van der Waals surface area contributed by atoms with Gasteiger partial charge in [0.15, 0.2) is 0 Å². The molecular weight excluding hydrogens is 378 g/mol. The van der Waals surface area contributed by atoms with E-state index in [0.29, 0.717) is 46.3 Å². The van der Waals surface area contributed by atoms with E-state index >= 15 is 0 Å². The SMILES string of the molecule is COc1nncc(-c2cnc(C)nc2OCC2C[C@H]2c2ccc(C)cn2)c1Cl. The van der Waals surface area contributed by atoms with Crippen LogP contribution < -0.4 is 9.47 Å². The third-order valence-corrected chi connectivity index (χ3v) is 5.15. The zero-order chi connectivity index (χ0) is 19.7. The Kier molecular flexibility index (Phi) is 5.09. The Labute approximate surface area is 168 Å². The number of nitrogens with zero attached hydrogens (tertiary/aromatic N) is 5. The summed E-state index contributed by atoms with van der Waals surface area (Å²) in [6.45, 7) is 4.41. The number of aromatic nitrogens is 5. The highest BCUT2D eigenvalue weighted by Gasteiger charge is 2.40. The fourth-order valence-electron chi connectivity index (χ4n) is 3.10. The fourth-order valence-corrected chi connectivity index (χ4v) is 3.36. The molecule has 1 unspecified atom stereocenters. The molecule has 0 saturated heterocycles. The van der Waals surface area contributed by atoms with Gasteiger partial charge >= 0.3 is 0 Å². The number of pyridine rings is 1. The van der Waals surface area contributed by atoms with Crippen LogP contribution in [0.15, 0.2) is 30.7 Å². The summed E-state index contributed by atoms with van der Waals surface area (Å²) < 4.78 is 11.2. The normalized spacial score (nSPS) is 18.0. The molecule has 0 N–H and O–H groups in total. The zero-order valence-electron chi connectivity index (χ0n) is 15.9. The summed E-state index contributed by atoms with van der Waals surface area (Å²) in [7, 11) is 1.50. The summed E-state index contributed by atoms with van der Waals surface area (Å²) >= 11 is 6.40. The first-order chi connectivity index (χ1) is 13.6. The molecule has 28 heavy (non-hydrogen) atoms. The topological polar surface area (TPSA) is 82.9 Å². The van der Waals surface area contributed by atoms with E-state index in [1.807, 2.05) is 20.0 Å². The van der Waals surface area contributed by atoms with Crippen molar-refractivity contribution in [2.45, 2.75) is 26.2 Å². The van der Waals surface area contributed by atoms with Crippen LogP contribution in [0.3, 0.4) is 0 Å². The summed E-state index contributed by atoms with van der Waals surface area (Å²) in [5.41, 5.74) is 3.56. The van der Waals surface area contributed by atoms with Crippen LogP contribution in [0.4, 0.5) is 0 Å². The highest BCUT2D eigenvalue weighted by molar-refractivity contribution is 6.34. The maximum absolute atomic E-state index is 6.40. The molecule has 1 aliphatic rings. The van der Waals surface area contributed by atoms with Crippen LogP contribution in [0.2, 0.25) is 5.02 Å². The highest BCUT2D eigenvalue weighted by atomic mass is 35.5. The Hall–Kier alpha value is -2.80. The number of aryl methyl sites for hydroxylation is 2. The molecule has 3 heterocycles. The maximum Gasteiger partial charge on any atom is 0.252 e. The van der Waals surface area contributed by atoms with Crippen LogP contribution in [-0.2, 0) is 0 Å². The van der Waals surface area contributed by atoms with E-state index in [1.54, 1.807) is 12.4 Å². The molecule has 0 aromatic carbocycles. The van der Waals surface area contributed by atoms with Gasteiger partial charge in [-0.1, -0.05) is 17.7 Å². The lowest BCUT2D eigenvalue weighted by Gasteiger charge is -2.12. The monoisotopic (exact) mass is 397 g/mol. The summed E-state index contributed by atoms with van der Waals surface area (Å²) in [5.74, 6) is 2.19. The third-order valence-electron chi connectivity index (χ3n) is 4.79. The molecule has 3 aromatic heterocycles. The van der Waals surface area contributed by atoms with Gasteiger partial charge in [-0.05, 0) is 31.9 Å². The molecular formula is C20H20ClN5O2. The molecule has 0 amide bonds. The number of halogens is 1. The van der Waals surface area contributed by atoms with Gasteiger partial charge in [-0.25, -0.2) is 4.98 Å². The number of ether oxygens (including phenoxy) is 2. The third kappa shape index (κ3) is 3.75. The molecule has 3 aromatic rings. The van der Waals surface area contributed by atoms with Crippen molar-refractivity contribution in [2.24, 2.45) is 5.92 Å². The van der Waals surface area contributed by atoms with Crippen LogP contribution in [-0.4, -0.2) is 38.9 Å². The van der Waals surface area contributed by atoms with E-state index in [0.717, 1.165) is 17.7 Å². The van der Waals surface area contributed by atoms with Crippen LogP contribution >= 0.6 is 11.6 Å². The molecule has 1 saturated carbocycles. The molecule has 0 bridgehead atoms. The Bertz CT molecular complexity index is 996. The van der Waals surface area contributed by atoms with E-state index in [1.165, 1.54) is 7.11 Å². The fraction of sp³-hybridized carbons (Fsp3) is 0.350. The second-order valence-electron chi connectivity index (χ2n) is 6.89. The Morgan fingerprint density at radius 2 is 1.93 bits per heavy atom. The van der Waals surface area contributed by atoms with Crippen molar-refractivity contribution < 1.29 is 9.47 Å². The Morgan fingerprint density at radius 1 is 1.07 bits per heavy atom. The van der Waals surface area contributed by atoms with Crippen LogP contribution in [0.25, 0.3) is 11.1 Å². The van der Waals surface area contributed by atoms with Crippen molar-refractivity contribution in [3.63, 3.8) is 0 Å². The van der Waals surface area contributed by atoms with E-state index in [-0.39, 0.29) is 5.88 Å². The predicted octanol–water partition coefficient (Wildman–Crippen LogP) is 3.79. The van der Waals surface area contributed by atoms with Gasteiger partial charge in [0.2, 0.25) is 5.88 Å². The van der Waals surface area contributed by atoms with Gasteiger partial charge in [0.05, 0.1) is 25.5 Å². The number of hydrogen-bond acceptors (Lipinski definition) is 7. The first-order valence-corrected chi connectivity index (χ1v) is 9.39. The van der Waals surface area contributed by atoms with Gasteiger partial charge in [-0.15, -0.1) is 5.10 Å². The molecule has 144 valence electrons. The van der Waals surface area contributed by atoms with E-state index in [4.69, 9.17) is 21.1 Å². The van der Waals surface area contributed by atoms with Crippen molar-refractivity contribution in [1.82, 2.24) is 25.1 Å². The van der Waals surface area contributed by atoms with E-state index < -0.39 is 0 Å². The first kappa shape index (κ1) is 18.6. The van der Waals surface area contributed by atoms with Crippen molar-refractivity contribution in [1.29, 1.82) is 0 Å². The minimum absolute atomic E-state index is 0.249. The Balaban J connectivity index is 1.53. The van der Waals surface area contributed by atoms with Gasteiger partial charge < -0.3 is 9.47 Å². The average Bonchev–Trinajstić information content (AvgIpc) is 3.47. The van der Waals surface area contributed by atoms with Gasteiger partial charge in [0.25, 0.3) is 5.88 Å².